The zero-order valence-corrected chi connectivity index (χ0v) is 41.3. The molecule has 6 aromatic carbocycles. The van der Waals surface area contributed by atoms with Crippen LogP contribution in [0.5, 0.6) is 17.2 Å². The number of carbonyl (C=O) groups is 1. The number of ether oxygens (including phenoxy) is 6. The summed E-state index contributed by atoms with van der Waals surface area (Å²) in [5, 5.41) is 2.21. The van der Waals surface area contributed by atoms with Gasteiger partial charge in [0.1, 0.15) is 30.0 Å². The number of nitrogens with zero attached hydrogens (tertiary/aromatic N) is 2. The van der Waals surface area contributed by atoms with E-state index in [0.717, 1.165) is 91.4 Å². The lowest BCUT2D eigenvalue weighted by atomic mass is 9.72. The molecule has 0 N–H and O–H groups in total. The van der Waals surface area contributed by atoms with Gasteiger partial charge in [-0.2, -0.15) is 0 Å². The van der Waals surface area contributed by atoms with E-state index in [-0.39, 0.29) is 12.0 Å². The highest BCUT2D eigenvalue weighted by Gasteiger charge is 2.55. The zero-order valence-electron chi connectivity index (χ0n) is 41.3. The number of hydrogen-bond acceptors (Lipinski definition) is 9. The lowest BCUT2D eigenvalue weighted by Crippen LogP contribution is -2.37. The first kappa shape index (κ1) is 45.6. The molecule has 6 aromatic rings. The molecule has 3 aliphatic carbocycles. The van der Waals surface area contributed by atoms with E-state index >= 15 is 0 Å². The van der Waals surface area contributed by atoms with Gasteiger partial charge in [0.05, 0.1) is 33.5 Å². The quantitative estimate of drug-likeness (QED) is 0.0932. The van der Waals surface area contributed by atoms with Crippen molar-refractivity contribution >= 4 is 34.2 Å². The normalized spacial score (nSPS) is 23.6. The van der Waals surface area contributed by atoms with Crippen LogP contribution in [0.4, 0.5) is 11.4 Å². The van der Waals surface area contributed by atoms with Crippen LogP contribution in [0.25, 0.3) is 39.1 Å². The Bertz CT molecular complexity index is 3010. The highest BCUT2D eigenvalue weighted by atomic mass is 16.6. The number of benzene rings is 6. The van der Waals surface area contributed by atoms with Crippen molar-refractivity contribution in [3.63, 3.8) is 0 Å². The van der Waals surface area contributed by atoms with Gasteiger partial charge in [0.2, 0.25) is 0 Å². The molecule has 364 valence electrons. The van der Waals surface area contributed by atoms with Gasteiger partial charge in [0, 0.05) is 76.2 Å². The summed E-state index contributed by atoms with van der Waals surface area (Å²) >= 11 is 0. The average molecular weight is 949 g/mol. The summed E-state index contributed by atoms with van der Waals surface area (Å²) in [5.74, 6) is 3.32. The van der Waals surface area contributed by atoms with E-state index in [1.165, 1.54) is 70.3 Å². The number of rotatable bonds is 11. The Kier molecular flexibility index (Phi) is 11.9. The van der Waals surface area contributed by atoms with Gasteiger partial charge in [-0.05, 0) is 126 Å². The summed E-state index contributed by atoms with van der Waals surface area (Å²) in [6.45, 7) is 13.8. The van der Waals surface area contributed by atoms with E-state index in [1.54, 1.807) is 14.0 Å². The van der Waals surface area contributed by atoms with Crippen molar-refractivity contribution in [3.05, 3.63) is 155 Å². The van der Waals surface area contributed by atoms with Gasteiger partial charge in [0.25, 0.3) is 0 Å². The largest absolute Gasteiger partial charge is 0.496 e. The summed E-state index contributed by atoms with van der Waals surface area (Å²) in [4.78, 5) is 17.0. The van der Waals surface area contributed by atoms with Crippen LogP contribution in [0.15, 0.2) is 127 Å². The van der Waals surface area contributed by atoms with Crippen molar-refractivity contribution < 1.29 is 33.2 Å². The smallest absolute Gasteiger partial charge is 0.333 e. The van der Waals surface area contributed by atoms with E-state index in [4.69, 9.17) is 28.4 Å². The minimum atomic E-state index is -1.01. The zero-order chi connectivity index (χ0) is 48.3. The molecule has 4 atom stereocenters. The lowest BCUT2D eigenvalue weighted by Gasteiger charge is -2.39. The molecule has 71 heavy (non-hydrogen) atoms. The number of esters is 1. The van der Waals surface area contributed by atoms with Crippen molar-refractivity contribution in [2.24, 2.45) is 11.8 Å². The van der Waals surface area contributed by atoms with Gasteiger partial charge in [-0.1, -0.05) is 99.0 Å². The van der Waals surface area contributed by atoms with Gasteiger partial charge < -0.3 is 38.2 Å². The fourth-order valence-electron chi connectivity index (χ4n) is 13.0. The molecule has 4 fully saturated rings. The molecule has 3 heterocycles. The van der Waals surface area contributed by atoms with Gasteiger partial charge in [-0.3, -0.25) is 0 Å². The van der Waals surface area contributed by atoms with E-state index in [2.05, 4.69) is 126 Å². The summed E-state index contributed by atoms with van der Waals surface area (Å²) in [6, 6.07) is 40.0. The monoisotopic (exact) mass is 948 g/mol. The van der Waals surface area contributed by atoms with Gasteiger partial charge >= 0.3 is 5.97 Å². The Morgan fingerprint density at radius 2 is 1.37 bits per heavy atom. The van der Waals surface area contributed by atoms with Crippen LogP contribution >= 0.6 is 0 Å². The Morgan fingerprint density at radius 3 is 1.99 bits per heavy atom. The first-order valence-electron chi connectivity index (χ1n) is 25.9. The van der Waals surface area contributed by atoms with Crippen LogP contribution in [-0.2, 0) is 30.0 Å². The predicted molar refractivity (Wildman–Crippen MR) is 282 cm³/mol. The third-order valence-electron chi connectivity index (χ3n) is 16.5. The Hall–Kier alpha value is -6.55. The average Bonchev–Trinajstić information content (AvgIpc) is 3.96. The second-order valence-electron chi connectivity index (χ2n) is 20.7. The van der Waals surface area contributed by atoms with Crippen molar-refractivity contribution in [2.75, 3.05) is 76.1 Å². The first-order chi connectivity index (χ1) is 34.7. The van der Waals surface area contributed by atoms with Crippen molar-refractivity contribution in [3.8, 4) is 39.5 Å². The van der Waals surface area contributed by atoms with Crippen LogP contribution in [0.2, 0.25) is 0 Å². The molecular weight excluding hydrogens is 885 g/mol. The van der Waals surface area contributed by atoms with E-state index < -0.39 is 17.7 Å². The molecule has 9 nitrogen and oxygen atoms in total. The molecule has 4 unspecified atom stereocenters. The highest BCUT2D eigenvalue weighted by Crippen LogP contribution is 2.66. The van der Waals surface area contributed by atoms with Gasteiger partial charge in [0.15, 0.2) is 5.60 Å². The summed E-state index contributed by atoms with van der Waals surface area (Å²) in [5.41, 5.74) is 12.5. The minimum Gasteiger partial charge on any atom is -0.496 e. The third-order valence-corrected chi connectivity index (χ3v) is 16.5. The molecule has 6 aliphatic rings. The summed E-state index contributed by atoms with van der Waals surface area (Å²) in [6.07, 6.45) is 11.8. The summed E-state index contributed by atoms with van der Waals surface area (Å²) in [7, 11) is 1.78. The van der Waals surface area contributed by atoms with Crippen LogP contribution in [-0.4, -0.2) is 78.4 Å². The SMILES string of the molecule is C=C(C)C(=O)OC(C)COc1ccc(C2(c3ccc(N4CCOCC4)cc3)C=Cc3c4c(c5cc(-c6ccc(N7CCOCC7)cc6)c(OC)cc5c3O2)-c2ccccc2C42CC3CCCCC3C2)cc1. The Labute approximate surface area is 418 Å². The Balaban J connectivity index is 1.03. The van der Waals surface area contributed by atoms with E-state index in [9.17, 15) is 4.79 Å². The number of carbonyl (C=O) groups excluding carboxylic acids is 1. The molecule has 1 spiro atoms. The number of morpholine rings is 2. The second kappa shape index (κ2) is 18.6. The molecule has 3 aliphatic heterocycles. The number of anilines is 2. The topological polar surface area (TPSA) is 78.9 Å². The van der Waals surface area contributed by atoms with Crippen molar-refractivity contribution in [1.82, 2.24) is 0 Å². The van der Waals surface area contributed by atoms with E-state index in [0.29, 0.717) is 36.4 Å². The fourth-order valence-corrected chi connectivity index (χ4v) is 13.0. The molecule has 0 bridgehead atoms. The maximum absolute atomic E-state index is 12.2. The standard InChI is InChI=1S/C62H64N2O7/c1-40(2)60(65)70-41(3)39-69-49-23-17-46(18-24-49)62(45-15-21-48(22-16-45)64-29-33-68-34-30-64)26-25-51-58-57(50-11-7-8-12-55(50)61(58)37-43-9-5-6-10-44(43)38-61)53-35-52(56(66-4)36-54(53)59(51)71-62)42-13-19-47(20-14-42)63-27-31-67-32-28-63/h7-8,11-26,35-36,41,43-44H,1,5-6,9-10,27-34,37-39H2,2-4H3. The molecule has 2 saturated heterocycles. The number of fused-ring (bicyclic) bond motifs is 11. The minimum absolute atomic E-state index is 0.133. The molecule has 2 saturated carbocycles. The predicted octanol–water partition coefficient (Wildman–Crippen LogP) is 12.3. The second-order valence-corrected chi connectivity index (χ2v) is 20.7. The number of hydrogen-bond donors (Lipinski definition) is 0. The number of methoxy groups -OCH3 is 1. The van der Waals surface area contributed by atoms with Crippen LogP contribution in [0, 0.1) is 11.8 Å². The third kappa shape index (κ3) is 7.96. The van der Waals surface area contributed by atoms with E-state index in [1.807, 2.05) is 19.1 Å². The molecule has 0 amide bonds. The Morgan fingerprint density at radius 1 is 0.761 bits per heavy atom. The first-order valence-corrected chi connectivity index (χ1v) is 25.9. The molecule has 9 heteroatoms. The maximum Gasteiger partial charge on any atom is 0.333 e. The molecule has 12 rings (SSSR count). The summed E-state index contributed by atoms with van der Waals surface area (Å²) < 4.78 is 37.5. The van der Waals surface area contributed by atoms with Crippen molar-refractivity contribution in [1.29, 1.82) is 0 Å². The molecular formula is C62H64N2O7. The van der Waals surface area contributed by atoms with Crippen LogP contribution < -0.4 is 24.0 Å². The molecule has 0 radical (unpaired) electrons. The lowest BCUT2D eigenvalue weighted by molar-refractivity contribution is -0.144. The van der Waals surface area contributed by atoms with Crippen LogP contribution in [0.1, 0.15) is 80.2 Å². The van der Waals surface area contributed by atoms with Gasteiger partial charge in [-0.25, -0.2) is 4.79 Å². The highest BCUT2D eigenvalue weighted by molar-refractivity contribution is 6.11. The molecule has 0 aromatic heterocycles. The van der Waals surface area contributed by atoms with Gasteiger partial charge in [-0.15, -0.1) is 0 Å². The van der Waals surface area contributed by atoms with Crippen molar-refractivity contribution in [2.45, 2.75) is 69.5 Å². The van der Waals surface area contributed by atoms with Crippen LogP contribution in [0.3, 0.4) is 0 Å². The fraction of sp³-hybridized carbons (Fsp3) is 0.371. The maximum atomic E-state index is 12.2.